The topological polar surface area (TPSA) is 58.6 Å². The highest BCUT2D eigenvalue weighted by molar-refractivity contribution is 9.10. The van der Waals surface area contributed by atoms with E-state index < -0.39 is 10.0 Å². The molecule has 1 atom stereocenters. The van der Waals surface area contributed by atoms with Crippen molar-refractivity contribution in [1.29, 1.82) is 0 Å². The van der Waals surface area contributed by atoms with Crippen LogP contribution in [-0.2, 0) is 10.0 Å². The summed E-state index contributed by atoms with van der Waals surface area (Å²) in [6.45, 7) is 4.49. The lowest BCUT2D eigenvalue weighted by Gasteiger charge is -2.28. The summed E-state index contributed by atoms with van der Waals surface area (Å²) in [7, 11) is 1.72. The van der Waals surface area contributed by atoms with Crippen LogP contribution in [0.2, 0.25) is 0 Å². The fourth-order valence-electron chi connectivity index (χ4n) is 2.15. The first-order valence-corrected chi connectivity index (χ1v) is 8.96. The fourth-order valence-corrected chi connectivity index (χ4v) is 3.90. The molecule has 1 rings (SSSR count). The van der Waals surface area contributed by atoms with Crippen LogP contribution in [0.3, 0.4) is 0 Å². The molecule has 0 aromatic heterocycles. The number of likely N-dealkylation sites (N-methyl/N-ethyl adjacent to an activating group) is 1. The SMILES string of the molecule is COc1ccc(Br)cc1S(=O)(=O)NCC(C(C)C)N(C)C. The second-order valence-corrected chi connectivity index (χ2v) is 8.07. The molecule has 0 aliphatic carbocycles. The van der Waals surface area contributed by atoms with E-state index in [-0.39, 0.29) is 10.9 Å². The molecule has 0 aliphatic heterocycles. The summed E-state index contributed by atoms with van der Waals surface area (Å²) in [5.74, 6) is 0.670. The molecule has 120 valence electrons. The van der Waals surface area contributed by atoms with Gasteiger partial charge < -0.3 is 9.64 Å². The molecule has 1 aromatic carbocycles. The number of benzene rings is 1. The minimum Gasteiger partial charge on any atom is -0.495 e. The van der Waals surface area contributed by atoms with Crippen LogP contribution in [0.25, 0.3) is 0 Å². The molecule has 7 heteroatoms. The second-order valence-electron chi connectivity index (χ2n) is 5.42. The fraction of sp³-hybridized carbons (Fsp3) is 0.571. The highest BCUT2D eigenvalue weighted by atomic mass is 79.9. The Morgan fingerprint density at radius 1 is 1.33 bits per heavy atom. The molecule has 0 bridgehead atoms. The molecule has 0 fully saturated rings. The number of methoxy groups -OCH3 is 1. The second kappa shape index (κ2) is 7.58. The van der Waals surface area contributed by atoms with Crippen LogP contribution in [-0.4, -0.2) is 47.1 Å². The Labute approximate surface area is 135 Å². The molecule has 0 amide bonds. The van der Waals surface area contributed by atoms with Crippen LogP contribution in [0.4, 0.5) is 0 Å². The molecule has 1 unspecified atom stereocenters. The number of hydrogen-bond acceptors (Lipinski definition) is 4. The molecule has 0 heterocycles. The molecule has 5 nitrogen and oxygen atoms in total. The normalized spacial score (nSPS) is 13.7. The van der Waals surface area contributed by atoms with Crippen molar-refractivity contribution >= 4 is 26.0 Å². The minimum absolute atomic E-state index is 0.123. The molecule has 1 N–H and O–H groups in total. The van der Waals surface area contributed by atoms with Gasteiger partial charge in [0.1, 0.15) is 10.6 Å². The Morgan fingerprint density at radius 3 is 2.43 bits per heavy atom. The zero-order valence-corrected chi connectivity index (χ0v) is 15.5. The van der Waals surface area contributed by atoms with Crippen LogP contribution < -0.4 is 9.46 Å². The number of rotatable bonds is 7. The zero-order valence-electron chi connectivity index (χ0n) is 13.1. The van der Waals surface area contributed by atoms with Crippen molar-refractivity contribution < 1.29 is 13.2 Å². The minimum atomic E-state index is -3.62. The van der Waals surface area contributed by atoms with Crippen molar-refractivity contribution in [1.82, 2.24) is 9.62 Å². The van der Waals surface area contributed by atoms with Crippen molar-refractivity contribution in [2.24, 2.45) is 5.92 Å². The number of nitrogens with zero attached hydrogens (tertiary/aromatic N) is 1. The third-order valence-corrected chi connectivity index (χ3v) is 5.27. The van der Waals surface area contributed by atoms with Gasteiger partial charge in [-0.25, -0.2) is 13.1 Å². The Bertz CT molecular complexity index is 566. The Hall–Kier alpha value is -0.630. The molecule has 0 saturated carbocycles. The quantitative estimate of drug-likeness (QED) is 0.790. The molecule has 1 aromatic rings. The number of ether oxygens (including phenoxy) is 1. The van der Waals surface area contributed by atoms with Gasteiger partial charge in [0.2, 0.25) is 10.0 Å². The van der Waals surface area contributed by atoms with Gasteiger partial charge >= 0.3 is 0 Å². The smallest absolute Gasteiger partial charge is 0.244 e. The van der Waals surface area contributed by atoms with Crippen LogP contribution >= 0.6 is 15.9 Å². The molecule has 0 radical (unpaired) electrons. The Morgan fingerprint density at radius 2 is 1.95 bits per heavy atom. The standard InChI is InChI=1S/C14H23BrN2O3S/c1-10(2)12(17(3)4)9-16-21(18,19)14-8-11(15)6-7-13(14)20-5/h6-8,10,12,16H,9H2,1-5H3. The summed E-state index contributed by atoms with van der Waals surface area (Å²) in [4.78, 5) is 2.16. The summed E-state index contributed by atoms with van der Waals surface area (Å²) >= 11 is 3.29. The predicted octanol–water partition coefficient (Wildman–Crippen LogP) is 2.32. The zero-order chi connectivity index (χ0) is 16.2. The van der Waals surface area contributed by atoms with E-state index in [1.807, 2.05) is 19.0 Å². The molecule has 0 spiro atoms. The number of nitrogens with one attached hydrogen (secondary N) is 1. The van der Waals surface area contributed by atoms with Gasteiger partial charge in [-0.1, -0.05) is 29.8 Å². The highest BCUT2D eigenvalue weighted by Gasteiger charge is 2.23. The van der Waals surface area contributed by atoms with E-state index >= 15 is 0 Å². The van der Waals surface area contributed by atoms with Crippen LogP contribution in [0.5, 0.6) is 5.75 Å². The molecule has 0 aliphatic rings. The molecular formula is C14H23BrN2O3S. The van der Waals surface area contributed by atoms with E-state index in [1.165, 1.54) is 7.11 Å². The van der Waals surface area contributed by atoms with Gasteiger partial charge in [0.15, 0.2) is 0 Å². The lowest BCUT2D eigenvalue weighted by molar-refractivity contribution is 0.233. The van der Waals surface area contributed by atoms with Gasteiger partial charge in [-0.05, 0) is 38.2 Å². The summed E-state index contributed by atoms with van der Waals surface area (Å²) in [5.41, 5.74) is 0. The summed E-state index contributed by atoms with van der Waals surface area (Å²) < 4.78 is 33.5. The van der Waals surface area contributed by atoms with Gasteiger partial charge in [-0.15, -0.1) is 0 Å². The van der Waals surface area contributed by atoms with E-state index in [0.29, 0.717) is 22.7 Å². The van der Waals surface area contributed by atoms with Crippen molar-refractivity contribution in [3.05, 3.63) is 22.7 Å². The maximum Gasteiger partial charge on any atom is 0.244 e. The van der Waals surface area contributed by atoms with Gasteiger partial charge in [0.05, 0.1) is 7.11 Å². The lowest BCUT2D eigenvalue weighted by atomic mass is 10.0. The van der Waals surface area contributed by atoms with Crippen molar-refractivity contribution in [3.63, 3.8) is 0 Å². The maximum absolute atomic E-state index is 12.5. The summed E-state index contributed by atoms with van der Waals surface area (Å²) in [6.07, 6.45) is 0. The lowest BCUT2D eigenvalue weighted by Crippen LogP contribution is -2.43. The van der Waals surface area contributed by atoms with E-state index in [1.54, 1.807) is 18.2 Å². The largest absolute Gasteiger partial charge is 0.495 e. The van der Waals surface area contributed by atoms with E-state index in [9.17, 15) is 8.42 Å². The monoisotopic (exact) mass is 378 g/mol. The first-order chi connectivity index (χ1) is 9.69. The molecular weight excluding hydrogens is 356 g/mol. The third-order valence-electron chi connectivity index (χ3n) is 3.33. The summed E-state index contributed by atoms with van der Waals surface area (Å²) in [6, 6.07) is 5.04. The van der Waals surface area contributed by atoms with Crippen LogP contribution in [0, 0.1) is 5.92 Å². The van der Waals surface area contributed by atoms with Gasteiger partial charge in [0.25, 0.3) is 0 Å². The van der Waals surface area contributed by atoms with Crippen molar-refractivity contribution in [2.75, 3.05) is 27.7 Å². The number of hydrogen-bond donors (Lipinski definition) is 1. The van der Waals surface area contributed by atoms with E-state index in [0.717, 1.165) is 0 Å². The molecule has 21 heavy (non-hydrogen) atoms. The van der Waals surface area contributed by atoms with Crippen molar-refractivity contribution in [3.8, 4) is 5.75 Å². The van der Waals surface area contributed by atoms with Crippen molar-refractivity contribution in [2.45, 2.75) is 24.8 Å². The van der Waals surface area contributed by atoms with Crippen LogP contribution in [0.1, 0.15) is 13.8 Å². The number of sulfonamides is 1. The average Bonchev–Trinajstić information content (AvgIpc) is 2.37. The van der Waals surface area contributed by atoms with E-state index in [4.69, 9.17) is 4.74 Å². The number of halogens is 1. The first-order valence-electron chi connectivity index (χ1n) is 6.68. The average molecular weight is 379 g/mol. The Balaban J connectivity index is 2.99. The summed E-state index contributed by atoms with van der Waals surface area (Å²) in [5, 5.41) is 0. The van der Waals surface area contributed by atoms with Gasteiger partial charge in [-0.3, -0.25) is 0 Å². The predicted molar refractivity (Wildman–Crippen MR) is 88.2 cm³/mol. The van der Waals surface area contributed by atoms with Gasteiger partial charge in [-0.2, -0.15) is 0 Å². The van der Waals surface area contributed by atoms with E-state index in [2.05, 4.69) is 34.5 Å². The molecule has 0 saturated heterocycles. The third kappa shape index (κ3) is 4.95. The highest BCUT2D eigenvalue weighted by Crippen LogP contribution is 2.27. The first kappa shape index (κ1) is 18.4. The van der Waals surface area contributed by atoms with Gasteiger partial charge in [0, 0.05) is 17.1 Å². The van der Waals surface area contributed by atoms with Crippen LogP contribution in [0.15, 0.2) is 27.6 Å². The maximum atomic E-state index is 12.5. The Kier molecular flexibility index (Phi) is 6.65.